The summed E-state index contributed by atoms with van der Waals surface area (Å²) in [6.45, 7) is 2.15. The van der Waals surface area contributed by atoms with Crippen LogP contribution in [0.5, 0.6) is 0 Å². The maximum absolute atomic E-state index is 4.31. The fourth-order valence-electron chi connectivity index (χ4n) is 1.24. The number of hydrogen-bond donors (Lipinski definition) is 0. The van der Waals surface area contributed by atoms with Gasteiger partial charge in [0.15, 0.2) is 0 Å². The zero-order valence-corrected chi connectivity index (χ0v) is 7.80. The fourth-order valence-corrected chi connectivity index (χ4v) is 1.68. The molecule has 1 heterocycles. The van der Waals surface area contributed by atoms with Gasteiger partial charge in [0.1, 0.15) is 4.62 Å². The van der Waals surface area contributed by atoms with Crippen molar-refractivity contribution in [2.45, 2.75) is 6.92 Å². The zero-order valence-electron chi connectivity index (χ0n) is 6.21. The van der Waals surface area contributed by atoms with Gasteiger partial charge in [0.2, 0.25) is 0 Å². The molecule has 0 saturated carbocycles. The normalized spacial score (nSPS) is 27.5. The number of allylic oxidation sites excluding steroid dienone is 4. The van der Waals surface area contributed by atoms with Crippen molar-refractivity contribution < 1.29 is 0 Å². The van der Waals surface area contributed by atoms with E-state index in [1.54, 1.807) is 0 Å². The number of halogens is 1. The Kier molecular flexibility index (Phi) is 1.57. The minimum atomic E-state index is 0.518. The van der Waals surface area contributed by atoms with Gasteiger partial charge in [-0.15, -0.1) is 0 Å². The van der Waals surface area contributed by atoms with Crippen LogP contribution in [-0.4, -0.2) is 4.62 Å². The molecule has 0 amide bonds. The molecule has 0 bridgehead atoms. The lowest BCUT2D eigenvalue weighted by Crippen LogP contribution is -1.92. The second-order valence-corrected chi connectivity index (χ2v) is 3.62. The highest BCUT2D eigenvalue weighted by atomic mass is 79.9. The third-order valence-electron chi connectivity index (χ3n) is 1.80. The van der Waals surface area contributed by atoms with E-state index in [2.05, 4.69) is 46.1 Å². The van der Waals surface area contributed by atoms with Crippen molar-refractivity contribution in [2.24, 2.45) is 10.9 Å². The Morgan fingerprint density at radius 1 is 1.55 bits per heavy atom. The summed E-state index contributed by atoms with van der Waals surface area (Å²) < 4.78 is 0.928. The van der Waals surface area contributed by atoms with Gasteiger partial charge in [-0.2, -0.15) is 0 Å². The molecule has 0 radical (unpaired) electrons. The minimum absolute atomic E-state index is 0.518. The SMILES string of the molecule is CC1C=CC2=CC(Br)=NC2=C1. The molecule has 1 unspecified atom stereocenters. The molecule has 0 aromatic heterocycles. The van der Waals surface area contributed by atoms with Gasteiger partial charge in [-0.1, -0.05) is 25.2 Å². The van der Waals surface area contributed by atoms with E-state index in [1.807, 2.05) is 6.08 Å². The van der Waals surface area contributed by atoms with Gasteiger partial charge in [0.25, 0.3) is 0 Å². The topological polar surface area (TPSA) is 12.4 Å². The summed E-state index contributed by atoms with van der Waals surface area (Å²) in [5.41, 5.74) is 2.32. The highest BCUT2D eigenvalue weighted by Crippen LogP contribution is 2.27. The molecule has 0 saturated heterocycles. The maximum atomic E-state index is 4.31. The Hall–Kier alpha value is -0.630. The van der Waals surface area contributed by atoms with E-state index in [1.165, 1.54) is 5.57 Å². The Morgan fingerprint density at radius 3 is 3.18 bits per heavy atom. The first-order valence-electron chi connectivity index (χ1n) is 3.62. The van der Waals surface area contributed by atoms with Gasteiger partial charge in [-0.05, 0) is 27.9 Å². The lowest BCUT2D eigenvalue weighted by atomic mass is 10.0. The van der Waals surface area contributed by atoms with Crippen LogP contribution >= 0.6 is 15.9 Å². The summed E-state index contributed by atoms with van der Waals surface area (Å²) in [5.74, 6) is 0.518. The Morgan fingerprint density at radius 2 is 2.36 bits per heavy atom. The summed E-state index contributed by atoms with van der Waals surface area (Å²) in [4.78, 5) is 4.31. The first kappa shape index (κ1) is 7.04. The van der Waals surface area contributed by atoms with Gasteiger partial charge < -0.3 is 0 Å². The van der Waals surface area contributed by atoms with Crippen molar-refractivity contribution >= 4 is 20.6 Å². The molecule has 1 atom stereocenters. The Bertz CT molecular complexity index is 308. The van der Waals surface area contributed by atoms with Crippen LogP contribution in [0.25, 0.3) is 0 Å². The molecule has 0 aromatic rings. The number of aliphatic imine (C=N–C) groups is 1. The predicted molar refractivity (Wildman–Crippen MR) is 50.8 cm³/mol. The largest absolute Gasteiger partial charge is 0.241 e. The molecule has 2 aliphatic rings. The molecular weight excluding hydrogens is 202 g/mol. The van der Waals surface area contributed by atoms with Gasteiger partial charge in [-0.25, -0.2) is 4.99 Å². The van der Waals surface area contributed by atoms with E-state index in [-0.39, 0.29) is 0 Å². The number of nitrogens with zero attached hydrogens (tertiary/aromatic N) is 1. The van der Waals surface area contributed by atoms with Crippen molar-refractivity contribution in [2.75, 3.05) is 0 Å². The van der Waals surface area contributed by atoms with Crippen LogP contribution in [0.3, 0.4) is 0 Å². The minimum Gasteiger partial charge on any atom is -0.241 e. The van der Waals surface area contributed by atoms with Crippen LogP contribution in [0, 0.1) is 5.92 Å². The van der Waals surface area contributed by atoms with Crippen molar-refractivity contribution in [1.82, 2.24) is 0 Å². The van der Waals surface area contributed by atoms with E-state index in [0.717, 1.165) is 10.3 Å². The third-order valence-corrected chi connectivity index (χ3v) is 2.20. The predicted octanol–water partition coefficient (Wildman–Crippen LogP) is 2.81. The fraction of sp³-hybridized carbons (Fsp3) is 0.222. The molecule has 0 N–H and O–H groups in total. The molecule has 1 nitrogen and oxygen atoms in total. The molecule has 2 rings (SSSR count). The van der Waals surface area contributed by atoms with E-state index in [0.29, 0.717) is 5.92 Å². The maximum Gasteiger partial charge on any atom is 0.107 e. The summed E-state index contributed by atoms with van der Waals surface area (Å²) in [5, 5.41) is 0. The van der Waals surface area contributed by atoms with Crippen LogP contribution in [0.1, 0.15) is 6.92 Å². The molecule has 11 heavy (non-hydrogen) atoms. The van der Waals surface area contributed by atoms with Gasteiger partial charge in [-0.3, -0.25) is 0 Å². The van der Waals surface area contributed by atoms with Gasteiger partial charge in [0.05, 0.1) is 5.70 Å². The Labute approximate surface area is 74.3 Å². The average molecular weight is 210 g/mol. The summed E-state index contributed by atoms with van der Waals surface area (Å²) in [6.07, 6.45) is 8.50. The average Bonchev–Trinajstić information content (AvgIpc) is 2.27. The highest BCUT2D eigenvalue weighted by molar-refractivity contribution is 9.18. The molecular formula is C9H8BrN. The van der Waals surface area contributed by atoms with E-state index in [9.17, 15) is 0 Å². The van der Waals surface area contributed by atoms with E-state index in [4.69, 9.17) is 0 Å². The lowest BCUT2D eigenvalue weighted by Gasteiger charge is -2.07. The number of rotatable bonds is 0. The molecule has 0 fully saturated rings. The van der Waals surface area contributed by atoms with Crippen LogP contribution in [0.4, 0.5) is 0 Å². The van der Waals surface area contributed by atoms with Crippen LogP contribution in [-0.2, 0) is 0 Å². The van der Waals surface area contributed by atoms with Crippen molar-refractivity contribution in [3.63, 3.8) is 0 Å². The first-order chi connectivity index (χ1) is 5.25. The Balaban J connectivity index is 2.42. The van der Waals surface area contributed by atoms with Crippen LogP contribution in [0.2, 0.25) is 0 Å². The zero-order chi connectivity index (χ0) is 7.84. The second-order valence-electron chi connectivity index (χ2n) is 2.80. The van der Waals surface area contributed by atoms with Crippen molar-refractivity contribution in [1.29, 1.82) is 0 Å². The van der Waals surface area contributed by atoms with Crippen molar-refractivity contribution in [3.8, 4) is 0 Å². The lowest BCUT2D eigenvalue weighted by molar-refractivity contribution is 0.912. The second kappa shape index (κ2) is 2.45. The van der Waals surface area contributed by atoms with E-state index < -0.39 is 0 Å². The summed E-state index contributed by atoms with van der Waals surface area (Å²) in [7, 11) is 0. The molecule has 0 aromatic carbocycles. The highest BCUT2D eigenvalue weighted by Gasteiger charge is 2.13. The van der Waals surface area contributed by atoms with Gasteiger partial charge in [0, 0.05) is 5.57 Å². The molecule has 56 valence electrons. The molecule has 0 spiro atoms. The standard InChI is InChI=1S/C9H8BrN/c1-6-2-3-7-5-9(10)11-8(7)4-6/h2-6H,1H3. The van der Waals surface area contributed by atoms with Crippen LogP contribution in [0.15, 0.2) is 40.6 Å². The summed E-state index contributed by atoms with van der Waals surface area (Å²) in [6, 6.07) is 0. The molecule has 1 aliphatic carbocycles. The molecule has 2 heteroatoms. The van der Waals surface area contributed by atoms with E-state index >= 15 is 0 Å². The smallest absolute Gasteiger partial charge is 0.107 e. The monoisotopic (exact) mass is 209 g/mol. The number of fused-ring (bicyclic) bond motifs is 1. The summed E-state index contributed by atoms with van der Waals surface area (Å²) >= 11 is 3.35. The number of hydrogen-bond acceptors (Lipinski definition) is 1. The first-order valence-corrected chi connectivity index (χ1v) is 4.41. The third kappa shape index (κ3) is 1.23. The van der Waals surface area contributed by atoms with Gasteiger partial charge >= 0.3 is 0 Å². The quantitative estimate of drug-likeness (QED) is 0.582. The molecule has 1 aliphatic heterocycles. The van der Waals surface area contributed by atoms with Crippen LogP contribution < -0.4 is 0 Å². The van der Waals surface area contributed by atoms with Crippen molar-refractivity contribution in [3.05, 3.63) is 35.6 Å².